The lowest BCUT2D eigenvalue weighted by Gasteiger charge is -2.06. The Kier molecular flexibility index (Phi) is 1.84. The molecule has 0 unspecified atom stereocenters. The number of rotatable bonds is 4. The van der Waals surface area contributed by atoms with Crippen LogP contribution in [0.15, 0.2) is 12.7 Å². The van der Waals surface area contributed by atoms with Gasteiger partial charge in [0.05, 0.1) is 0 Å². The van der Waals surface area contributed by atoms with E-state index in [-0.39, 0.29) is 5.54 Å². The molecular weight excluding hydrogens is 152 g/mol. The molecule has 0 radical (unpaired) electrons. The van der Waals surface area contributed by atoms with Crippen LogP contribution in [-0.2, 0) is 6.54 Å². The van der Waals surface area contributed by atoms with Gasteiger partial charge in [-0.25, -0.2) is 4.98 Å². The van der Waals surface area contributed by atoms with Crippen LogP contribution in [-0.4, -0.2) is 20.3 Å². The van der Waals surface area contributed by atoms with E-state index in [2.05, 4.69) is 10.1 Å². The third kappa shape index (κ3) is 1.82. The smallest absolute Gasteiger partial charge is 0.137 e. The lowest BCUT2D eigenvalue weighted by Crippen LogP contribution is -2.21. The average molecular weight is 166 g/mol. The Labute approximate surface area is 71.8 Å². The maximum Gasteiger partial charge on any atom is 0.137 e. The standard InChI is InChI=1S/C8H14N4/c9-8(3-4-8)2-1-5-12-7-10-6-11-12/h6-7H,1-5,9H2. The molecule has 1 heterocycles. The molecule has 2 N–H and O–H groups in total. The predicted octanol–water partition coefficient (Wildman–Crippen LogP) is 0.550. The molecule has 1 aromatic heterocycles. The predicted molar refractivity (Wildman–Crippen MR) is 45.4 cm³/mol. The summed E-state index contributed by atoms with van der Waals surface area (Å²) in [6.07, 6.45) is 7.94. The van der Waals surface area contributed by atoms with Crippen LogP contribution in [0, 0.1) is 0 Å². The molecule has 66 valence electrons. The van der Waals surface area contributed by atoms with Crippen LogP contribution in [0.4, 0.5) is 0 Å². The van der Waals surface area contributed by atoms with Crippen molar-refractivity contribution in [2.24, 2.45) is 5.73 Å². The molecule has 1 aromatic rings. The summed E-state index contributed by atoms with van der Waals surface area (Å²) in [7, 11) is 0. The second-order valence-electron chi connectivity index (χ2n) is 3.62. The number of hydrogen-bond donors (Lipinski definition) is 1. The van der Waals surface area contributed by atoms with E-state index in [0.29, 0.717) is 0 Å². The molecule has 0 bridgehead atoms. The normalized spacial score (nSPS) is 19.4. The molecule has 4 nitrogen and oxygen atoms in total. The zero-order valence-corrected chi connectivity index (χ0v) is 7.11. The highest BCUT2D eigenvalue weighted by Crippen LogP contribution is 2.36. The summed E-state index contributed by atoms with van der Waals surface area (Å²) in [6, 6.07) is 0. The van der Waals surface area contributed by atoms with E-state index in [4.69, 9.17) is 5.73 Å². The van der Waals surface area contributed by atoms with Crippen molar-refractivity contribution in [3.63, 3.8) is 0 Å². The first kappa shape index (κ1) is 7.73. The van der Waals surface area contributed by atoms with Crippen LogP contribution in [0.1, 0.15) is 25.7 Å². The first-order chi connectivity index (χ1) is 5.79. The fraction of sp³-hybridized carbons (Fsp3) is 0.750. The molecule has 0 spiro atoms. The fourth-order valence-corrected chi connectivity index (χ4v) is 1.35. The van der Waals surface area contributed by atoms with Gasteiger partial charge in [0.2, 0.25) is 0 Å². The largest absolute Gasteiger partial charge is 0.325 e. The van der Waals surface area contributed by atoms with Crippen LogP contribution in [0.3, 0.4) is 0 Å². The number of hydrogen-bond acceptors (Lipinski definition) is 3. The van der Waals surface area contributed by atoms with Crippen molar-refractivity contribution in [3.8, 4) is 0 Å². The maximum absolute atomic E-state index is 5.94. The van der Waals surface area contributed by atoms with Crippen molar-refractivity contribution in [3.05, 3.63) is 12.7 Å². The van der Waals surface area contributed by atoms with Gasteiger partial charge in [0.25, 0.3) is 0 Å². The molecule has 12 heavy (non-hydrogen) atoms. The SMILES string of the molecule is NC1(CCCn2cncn2)CC1. The van der Waals surface area contributed by atoms with Gasteiger partial charge in [-0.1, -0.05) is 0 Å². The van der Waals surface area contributed by atoms with E-state index in [1.807, 2.05) is 4.68 Å². The second kappa shape index (κ2) is 2.86. The number of aromatic nitrogens is 3. The summed E-state index contributed by atoms with van der Waals surface area (Å²) in [6.45, 7) is 0.943. The van der Waals surface area contributed by atoms with Crippen LogP contribution in [0.5, 0.6) is 0 Å². The molecule has 1 fully saturated rings. The van der Waals surface area contributed by atoms with Gasteiger partial charge in [-0.2, -0.15) is 5.10 Å². The molecule has 0 aliphatic heterocycles. The minimum absolute atomic E-state index is 0.181. The highest BCUT2D eigenvalue weighted by Gasteiger charge is 2.36. The Bertz CT molecular complexity index is 238. The van der Waals surface area contributed by atoms with Crippen molar-refractivity contribution in [1.82, 2.24) is 14.8 Å². The average Bonchev–Trinajstić information content (AvgIpc) is 2.61. The summed E-state index contributed by atoms with van der Waals surface area (Å²) in [5.41, 5.74) is 6.12. The molecule has 0 amide bonds. The molecule has 0 saturated heterocycles. The first-order valence-electron chi connectivity index (χ1n) is 4.40. The zero-order chi connectivity index (χ0) is 8.44. The first-order valence-corrected chi connectivity index (χ1v) is 4.40. The maximum atomic E-state index is 5.94. The van der Waals surface area contributed by atoms with Crippen molar-refractivity contribution < 1.29 is 0 Å². The molecule has 0 aromatic carbocycles. The number of aryl methyl sites for hydroxylation is 1. The molecule has 1 saturated carbocycles. The van der Waals surface area contributed by atoms with Gasteiger partial charge in [-0.15, -0.1) is 0 Å². The Morgan fingerprint density at radius 2 is 2.33 bits per heavy atom. The van der Waals surface area contributed by atoms with Crippen LogP contribution >= 0.6 is 0 Å². The Morgan fingerprint density at radius 1 is 1.50 bits per heavy atom. The highest BCUT2D eigenvalue weighted by atomic mass is 15.3. The van der Waals surface area contributed by atoms with Crippen molar-refractivity contribution in [2.45, 2.75) is 37.8 Å². The molecule has 1 aliphatic rings. The summed E-state index contributed by atoms with van der Waals surface area (Å²) >= 11 is 0. The summed E-state index contributed by atoms with van der Waals surface area (Å²) in [5.74, 6) is 0. The third-order valence-electron chi connectivity index (χ3n) is 2.42. The van der Waals surface area contributed by atoms with Crippen molar-refractivity contribution in [1.29, 1.82) is 0 Å². The van der Waals surface area contributed by atoms with E-state index in [1.165, 1.54) is 12.8 Å². The summed E-state index contributed by atoms with van der Waals surface area (Å²) in [4.78, 5) is 3.87. The van der Waals surface area contributed by atoms with E-state index < -0.39 is 0 Å². The molecule has 1 aliphatic carbocycles. The molecular formula is C8H14N4. The zero-order valence-electron chi connectivity index (χ0n) is 7.11. The van der Waals surface area contributed by atoms with Gasteiger partial charge in [-0.3, -0.25) is 4.68 Å². The molecule has 2 rings (SSSR count). The van der Waals surface area contributed by atoms with Crippen molar-refractivity contribution in [2.75, 3.05) is 0 Å². The quantitative estimate of drug-likeness (QED) is 0.710. The lowest BCUT2D eigenvalue weighted by molar-refractivity contribution is 0.501. The lowest BCUT2D eigenvalue weighted by atomic mass is 10.1. The van der Waals surface area contributed by atoms with E-state index in [1.54, 1.807) is 12.7 Å². The number of nitrogens with two attached hydrogens (primary N) is 1. The second-order valence-corrected chi connectivity index (χ2v) is 3.62. The van der Waals surface area contributed by atoms with Crippen LogP contribution in [0.25, 0.3) is 0 Å². The van der Waals surface area contributed by atoms with E-state index in [0.717, 1.165) is 19.4 Å². The molecule has 0 atom stereocenters. The Balaban J connectivity index is 1.69. The summed E-state index contributed by atoms with van der Waals surface area (Å²) < 4.78 is 1.85. The minimum atomic E-state index is 0.181. The van der Waals surface area contributed by atoms with Crippen molar-refractivity contribution >= 4 is 0 Å². The van der Waals surface area contributed by atoms with Crippen LogP contribution < -0.4 is 5.73 Å². The minimum Gasteiger partial charge on any atom is -0.325 e. The van der Waals surface area contributed by atoms with E-state index >= 15 is 0 Å². The van der Waals surface area contributed by atoms with Gasteiger partial charge in [-0.05, 0) is 25.7 Å². The monoisotopic (exact) mass is 166 g/mol. The Hall–Kier alpha value is -0.900. The fourth-order valence-electron chi connectivity index (χ4n) is 1.35. The van der Waals surface area contributed by atoms with Gasteiger partial charge >= 0.3 is 0 Å². The Morgan fingerprint density at radius 3 is 2.92 bits per heavy atom. The number of nitrogens with zero attached hydrogens (tertiary/aromatic N) is 3. The third-order valence-corrected chi connectivity index (χ3v) is 2.42. The van der Waals surface area contributed by atoms with Gasteiger partial charge in [0.1, 0.15) is 12.7 Å². The van der Waals surface area contributed by atoms with Gasteiger partial charge < -0.3 is 5.73 Å². The topological polar surface area (TPSA) is 56.7 Å². The van der Waals surface area contributed by atoms with E-state index in [9.17, 15) is 0 Å². The van der Waals surface area contributed by atoms with Crippen LogP contribution in [0.2, 0.25) is 0 Å². The summed E-state index contributed by atoms with van der Waals surface area (Å²) in [5, 5.41) is 4.02. The highest BCUT2D eigenvalue weighted by molar-refractivity contribution is 4.97. The van der Waals surface area contributed by atoms with Gasteiger partial charge in [0.15, 0.2) is 0 Å². The molecule has 4 heteroatoms. The van der Waals surface area contributed by atoms with Gasteiger partial charge in [0, 0.05) is 12.1 Å².